The fourth-order valence-electron chi connectivity index (χ4n) is 4.47. The Kier molecular flexibility index (Phi) is 4.37. The van der Waals surface area contributed by atoms with E-state index in [4.69, 9.17) is 16.3 Å². The zero-order chi connectivity index (χ0) is 17.6. The van der Waals surface area contributed by atoms with Crippen LogP contribution in [0.4, 0.5) is 5.82 Å². The Bertz CT molecular complexity index is 682. The lowest BCUT2D eigenvalue weighted by atomic mass is 9.60. The van der Waals surface area contributed by atoms with E-state index in [2.05, 4.69) is 20.2 Å². The minimum absolute atomic E-state index is 0.00778. The number of anilines is 1. The molecular formula is C17H21ClN4O3. The lowest BCUT2D eigenvalue weighted by molar-refractivity contribution is -0.166. The second-order valence-corrected chi connectivity index (χ2v) is 7.68. The average molecular weight is 365 g/mol. The van der Waals surface area contributed by atoms with Crippen molar-refractivity contribution in [3.63, 3.8) is 0 Å². The van der Waals surface area contributed by atoms with Crippen LogP contribution in [-0.2, 0) is 14.3 Å². The summed E-state index contributed by atoms with van der Waals surface area (Å²) in [6, 6.07) is 1.98. The van der Waals surface area contributed by atoms with Crippen LogP contribution in [0.1, 0.15) is 19.3 Å². The molecule has 8 heteroatoms. The van der Waals surface area contributed by atoms with Crippen molar-refractivity contribution in [3.8, 4) is 0 Å². The first-order chi connectivity index (χ1) is 12.0. The van der Waals surface area contributed by atoms with Crippen LogP contribution in [-0.4, -0.2) is 53.0 Å². The predicted molar refractivity (Wildman–Crippen MR) is 90.9 cm³/mol. The summed E-state index contributed by atoms with van der Waals surface area (Å²) in [5.74, 6) is 1.30. The minimum Gasteiger partial charge on any atom is -0.469 e. The van der Waals surface area contributed by atoms with Crippen LogP contribution in [0.3, 0.4) is 0 Å². The molecule has 2 bridgehead atoms. The van der Waals surface area contributed by atoms with Crippen molar-refractivity contribution < 1.29 is 14.3 Å². The molecule has 2 aliphatic carbocycles. The van der Waals surface area contributed by atoms with Gasteiger partial charge in [-0.05, 0) is 31.1 Å². The van der Waals surface area contributed by atoms with Gasteiger partial charge in [-0.1, -0.05) is 11.6 Å². The van der Waals surface area contributed by atoms with E-state index < -0.39 is 0 Å². The summed E-state index contributed by atoms with van der Waals surface area (Å²) in [4.78, 5) is 34.3. The molecule has 2 unspecified atom stereocenters. The van der Waals surface area contributed by atoms with E-state index in [-0.39, 0.29) is 23.7 Å². The first-order valence-electron chi connectivity index (χ1n) is 8.65. The number of rotatable bonds is 4. The highest BCUT2D eigenvalue weighted by Gasteiger charge is 2.53. The molecule has 1 amide bonds. The van der Waals surface area contributed by atoms with Crippen molar-refractivity contribution in [2.24, 2.45) is 23.7 Å². The molecule has 4 aliphatic rings. The summed E-state index contributed by atoms with van der Waals surface area (Å²) in [5, 5.41) is 3.11. The van der Waals surface area contributed by atoms with Gasteiger partial charge < -0.3 is 10.1 Å². The van der Waals surface area contributed by atoms with Crippen molar-refractivity contribution in [2.45, 2.75) is 25.3 Å². The summed E-state index contributed by atoms with van der Waals surface area (Å²) >= 11 is 5.80. The molecule has 0 spiro atoms. The van der Waals surface area contributed by atoms with Gasteiger partial charge in [0, 0.05) is 31.1 Å². The maximum Gasteiger partial charge on any atom is 0.309 e. The number of carbonyl (C=O) groups excluding carboxylic acids is 2. The number of carbonyl (C=O) groups is 2. The molecule has 134 valence electrons. The second kappa shape index (κ2) is 6.53. The number of fused-ring (bicyclic) bond motifs is 2. The van der Waals surface area contributed by atoms with Gasteiger partial charge in [-0.2, -0.15) is 0 Å². The highest BCUT2D eigenvalue weighted by Crippen LogP contribution is 2.48. The Morgan fingerprint density at radius 1 is 1.24 bits per heavy atom. The van der Waals surface area contributed by atoms with Crippen molar-refractivity contribution >= 4 is 29.3 Å². The van der Waals surface area contributed by atoms with E-state index in [1.165, 1.54) is 13.4 Å². The van der Waals surface area contributed by atoms with Gasteiger partial charge in [0.25, 0.3) is 0 Å². The summed E-state index contributed by atoms with van der Waals surface area (Å²) < 4.78 is 4.91. The molecule has 4 fully saturated rings. The normalized spacial score (nSPS) is 33.8. The number of methoxy groups -OCH3 is 1. The SMILES string of the molecule is COC(=O)C1C2CC1CN(C1CC(C(=O)Nc3cc(Cl)ncn3)C1)C2. The summed E-state index contributed by atoms with van der Waals surface area (Å²) in [5.41, 5.74) is 0. The Morgan fingerprint density at radius 2 is 1.96 bits per heavy atom. The summed E-state index contributed by atoms with van der Waals surface area (Å²) in [6.07, 6.45) is 4.17. The Morgan fingerprint density at radius 3 is 2.60 bits per heavy atom. The molecule has 3 heterocycles. The van der Waals surface area contributed by atoms with Crippen LogP contribution in [0.2, 0.25) is 5.15 Å². The van der Waals surface area contributed by atoms with Gasteiger partial charge in [-0.3, -0.25) is 14.5 Å². The molecule has 1 aromatic heterocycles. The monoisotopic (exact) mass is 364 g/mol. The quantitative estimate of drug-likeness (QED) is 0.645. The molecule has 2 saturated heterocycles. The number of ether oxygens (including phenoxy) is 1. The molecule has 5 rings (SSSR count). The molecule has 1 aromatic rings. The largest absolute Gasteiger partial charge is 0.469 e. The van der Waals surface area contributed by atoms with E-state index >= 15 is 0 Å². The predicted octanol–water partition coefficient (Wildman–Crippen LogP) is 1.59. The number of piperidine rings is 2. The topological polar surface area (TPSA) is 84.4 Å². The van der Waals surface area contributed by atoms with Crippen molar-refractivity contribution in [3.05, 3.63) is 17.5 Å². The van der Waals surface area contributed by atoms with Crippen LogP contribution in [0.15, 0.2) is 12.4 Å². The van der Waals surface area contributed by atoms with Gasteiger partial charge in [-0.25, -0.2) is 9.97 Å². The number of nitrogens with zero attached hydrogens (tertiary/aromatic N) is 3. The molecule has 2 aliphatic heterocycles. The van der Waals surface area contributed by atoms with Gasteiger partial charge in [0.05, 0.1) is 13.0 Å². The third kappa shape index (κ3) is 3.11. The number of halogens is 1. The third-order valence-electron chi connectivity index (χ3n) is 5.92. The van der Waals surface area contributed by atoms with Gasteiger partial charge >= 0.3 is 5.97 Å². The van der Waals surface area contributed by atoms with Crippen LogP contribution in [0.5, 0.6) is 0 Å². The average Bonchev–Trinajstić information content (AvgIpc) is 2.53. The number of aromatic nitrogens is 2. The maximum atomic E-state index is 12.3. The molecule has 0 radical (unpaired) electrons. The molecule has 25 heavy (non-hydrogen) atoms. The van der Waals surface area contributed by atoms with Gasteiger partial charge in [0.15, 0.2) is 0 Å². The van der Waals surface area contributed by atoms with E-state index in [9.17, 15) is 9.59 Å². The standard InChI is InChI=1S/C17H21ClN4O3/c1-25-17(24)15-10-2-11(15)7-22(6-10)12-3-9(4-12)16(23)21-14-5-13(18)19-8-20-14/h5,8-12,15H,2-4,6-7H2,1H3,(H,19,20,21,23). The van der Waals surface area contributed by atoms with Crippen LogP contribution < -0.4 is 5.32 Å². The van der Waals surface area contributed by atoms with Crippen LogP contribution in [0.25, 0.3) is 0 Å². The first kappa shape index (κ1) is 16.7. The Labute approximate surface area is 151 Å². The molecule has 7 nitrogen and oxygen atoms in total. The van der Waals surface area contributed by atoms with Crippen molar-refractivity contribution in [2.75, 3.05) is 25.5 Å². The summed E-state index contributed by atoms with van der Waals surface area (Å²) in [6.45, 7) is 1.88. The first-order valence-corrected chi connectivity index (χ1v) is 9.03. The van der Waals surface area contributed by atoms with Crippen molar-refractivity contribution in [1.29, 1.82) is 0 Å². The fourth-order valence-corrected chi connectivity index (χ4v) is 4.62. The number of hydrogen-bond donors (Lipinski definition) is 1. The Hall–Kier alpha value is -1.73. The number of nitrogens with one attached hydrogen (secondary N) is 1. The molecule has 1 N–H and O–H groups in total. The molecule has 2 saturated carbocycles. The lowest BCUT2D eigenvalue weighted by Gasteiger charge is -2.56. The molecular weight excluding hydrogens is 344 g/mol. The lowest BCUT2D eigenvalue weighted by Crippen LogP contribution is -2.62. The van der Waals surface area contributed by atoms with Gasteiger partial charge in [0.2, 0.25) is 5.91 Å². The highest BCUT2D eigenvalue weighted by molar-refractivity contribution is 6.29. The maximum absolute atomic E-state index is 12.3. The zero-order valence-corrected chi connectivity index (χ0v) is 14.8. The fraction of sp³-hybridized carbons (Fsp3) is 0.647. The summed E-state index contributed by atoms with van der Waals surface area (Å²) in [7, 11) is 1.47. The number of amides is 1. The number of esters is 1. The van der Waals surface area contributed by atoms with E-state index in [0.717, 1.165) is 32.4 Å². The second-order valence-electron chi connectivity index (χ2n) is 7.30. The van der Waals surface area contributed by atoms with E-state index in [0.29, 0.717) is 28.8 Å². The van der Waals surface area contributed by atoms with Gasteiger partial charge in [0.1, 0.15) is 17.3 Å². The highest BCUT2D eigenvalue weighted by atomic mass is 35.5. The molecule has 0 aromatic carbocycles. The Balaban J connectivity index is 1.26. The van der Waals surface area contributed by atoms with Crippen molar-refractivity contribution in [1.82, 2.24) is 14.9 Å². The van der Waals surface area contributed by atoms with Crippen LogP contribution in [0, 0.1) is 23.7 Å². The third-order valence-corrected chi connectivity index (χ3v) is 6.12. The van der Waals surface area contributed by atoms with Crippen LogP contribution >= 0.6 is 11.6 Å². The molecule has 2 atom stereocenters. The van der Waals surface area contributed by atoms with Gasteiger partial charge in [-0.15, -0.1) is 0 Å². The smallest absolute Gasteiger partial charge is 0.309 e. The van der Waals surface area contributed by atoms with E-state index in [1.54, 1.807) is 6.07 Å². The van der Waals surface area contributed by atoms with E-state index in [1.807, 2.05) is 0 Å². The minimum atomic E-state index is -0.0599. The number of hydrogen-bond acceptors (Lipinski definition) is 6. The zero-order valence-electron chi connectivity index (χ0n) is 14.0.